The maximum Gasteiger partial charge on any atom is 0.268 e. The van der Waals surface area contributed by atoms with E-state index in [2.05, 4.69) is 14.9 Å². The minimum atomic E-state index is -1.25. The normalized spacial score (nSPS) is 13.2. The lowest BCUT2D eigenvalue weighted by Gasteiger charge is -2.19. The van der Waals surface area contributed by atoms with E-state index >= 15 is 0 Å². The smallest absolute Gasteiger partial charge is 0.268 e. The van der Waals surface area contributed by atoms with Crippen LogP contribution in [0.2, 0.25) is 0 Å². The van der Waals surface area contributed by atoms with Crippen molar-refractivity contribution in [3.63, 3.8) is 0 Å². The first-order valence-corrected chi connectivity index (χ1v) is 7.17. The third-order valence-electron chi connectivity index (χ3n) is 2.96. The van der Waals surface area contributed by atoms with Gasteiger partial charge in [-0.1, -0.05) is 16.6 Å². The Labute approximate surface area is 129 Å². The van der Waals surface area contributed by atoms with Crippen LogP contribution in [0.4, 0.5) is 0 Å². The maximum atomic E-state index is 12.1. The van der Waals surface area contributed by atoms with Gasteiger partial charge in [0.1, 0.15) is 11.7 Å². The molecule has 0 bridgehead atoms. The lowest BCUT2D eigenvalue weighted by atomic mass is 10.1. The zero-order valence-corrected chi connectivity index (χ0v) is 12.4. The quantitative estimate of drug-likeness (QED) is 0.460. The molecular formula is C13H14N4O4S. The Morgan fingerprint density at radius 3 is 2.45 bits per heavy atom. The van der Waals surface area contributed by atoms with E-state index in [1.807, 2.05) is 0 Å². The molecule has 0 saturated carbocycles. The number of carbonyl (C=O) groups excluding carboxylic acids is 2. The van der Waals surface area contributed by atoms with Crippen LogP contribution < -0.4 is 10.8 Å². The number of amides is 2. The third-order valence-corrected chi connectivity index (χ3v) is 3.47. The molecule has 9 heteroatoms. The molecule has 2 amide bonds. The molecule has 1 aromatic heterocycles. The molecule has 0 spiro atoms. The van der Waals surface area contributed by atoms with E-state index in [0.29, 0.717) is 11.3 Å². The highest BCUT2D eigenvalue weighted by Crippen LogP contribution is 2.18. The topological polar surface area (TPSA) is 124 Å². The second-order valence-corrected chi connectivity index (χ2v) is 5.15. The van der Waals surface area contributed by atoms with E-state index < -0.39 is 24.0 Å². The zero-order valence-electron chi connectivity index (χ0n) is 11.6. The molecule has 2 atom stereocenters. The van der Waals surface area contributed by atoms with Crippen LogP contribution in [0.5, 0.6) is 0 Å². The van der Waals surface area contributed by atoms with Crippen LogP contribution in [-0.2, 0) is 4.79 Å². The van der Waals surface area contributed by atoms with Gasteiger partial charge in [0.25, 0.3) is 11.8 Å². The van der Waals surface area contributed by atoms with Gasteiger partial charge in [0, 0.05) is 16.5 Å². The van der Waals surface area contributed by atoms with Crippen molar-refractivity contribution in [2.75, 3.05) is 0 Å². The average Bonchev–Trinajstić information content (AvgIpc) is 3.06. The summed E-state index contributed by atoms with van der Waals surface area (Å²) in [5.41, 5.74) is 3.23. The second kappa shape index (κ2) is 7.07. The summed E-state index contributed by atoms with van der Waals surface area (Å²) >= 11 is 1.23. The van der Waals surface area contributed by atoms with Gasteiger partial charge in [-0.25, -0.2) is 5.48 Å². The number of nitrogens with one attached hydrogen (secondary N) is 2. The van der Waals surface area contributed by atoms with Gasteiger partial charge in [-0.2, -0.15) is 0 Å². The Bertz CT molecular complexity index is 643. The Morgan fingerprint density at radius 1 is 1.27 bits per heavy atom. The van der Waals surface area contributed by atoms with E-state index in [1.54, 1.807) is 29.6 Å². The predicted octanol–water partition coefficient (Wildman–Crippen LogP) is 0.190. The Kier molecular flexibility index (Phi) is 5.15. The van der Waals surface area contributed by atoms with E-state index in [1.165, 1.54) is 23.9 Å². The fourth-order valence-corrected chi connectivity index (χ4v) is 2.25. The number of nitrogens with zero attached hydrogens (tertiary/aromatic N) is 2. The predicted molar refractivity (Wildman–Crippen MR) is 78.2 cm³/mol. The molecule has 2 unspecified atom stereocenters. The molecule has 0 aliphatic heterocycles. The number of carbonyl (C=O) groups is 2. The molecule has 116 valence electrons. The highest BCUT2D eigenvalue weighted by atomic mass is 32.1. The van der Waals surface area contributed by atoms with Crippen molar-refractivity contribution in [2.24, 2.45) is 0 Å². The first kappa shape index (κ1) is 16.0. The van der Waals surface area contributed by atoms with Gasteiger partial charge in [0.15, 0.2) is 0 Å². The number of hydroxylamine groups is 1. The molecule has 1 heterocycles. The summed E-state index contributed by atoms with van der Waals surface area (Å²) < 4.78 is 3.76. The van der Waals surface area contributed by atoms with Crippen molar-refractivity contribution < 1.29 is 19.9 Å². The molecule has 0 saturated heterocycles. The molecule has 0 fully saturated rings. The molecule has 8 nitrogen and oxygen atoms in total. The number of hydrogen-bond donors (Lipinski definition) is 4. The summed E-state index contributed by atoms with van der Waals surface area (Å²) in [6, 6.07) is 5.30. The van der Waals surface area contributed by atoms with Gasteiger partial charge in [0.05, 0.1) is 6.10 Å². The molecule has 0 aliphatic rings. The van der Waals surface area contributed by atoms with Crippen LogP contribution in [0, 0.1) is 0 Å². The summed E-state index contributed by atoms with van der Waals surface area (Å²) in [4.78, 5) is 23.4. The number of rotatable bonds is 5. The second-order valence-electron chi connectivity index (χ2n) is 4.54. The summed E-state index contributed by atoms with van der Waals surface area (Å²) in [6.45, 7) is 1.33. The summed E-state index contributed by atoms with van der Waals surface area (Å²) in [5, 5.41) is 26.1. The van der Waals surface area contributed by atoms with Crippen LogP contribution >= 0.6 is 11.5 Å². The summed E-state index contributed by atoms with van der Waals surface area (Å²) in [6.07, 6.45) is -1.16. The van der Waals surface area contributed by atoms with Crippen molar-refractivity contribution >= 4 is 23.3 Å². The molecule has 2 aromatic rings. The van der Waals surface area contributed by atoms with Gasteiger partial charge >= 0.3 is 0 Å². The summed E-state index contributed by atoms with van der Waals surface area (Å²) in [7, 11) is 0. The van der Waals surface area contributed by atoms with E-state index in [9.17, 15) is 14.7 Å². The Hall–Kier alpha value is -2.36. The first-order valence-electron chi connectivity index (χ1n) is 6.33. The Morgan fingerprint density at radius 2 is 1.95 bits per heavy atom. The van der Waals surface area contributed by atoms with Crippen molar-refractivity contribution in [2.45, 2.75) is 19.1 Å². The van der Waals surface area contributed by atoms with Crippen LogP contribution in [-0.4, -0.2) is 43.9 Å². The Balaban J connectivity index is 2.11. The molecule has 4 N–H and O–H groups in total. The van der Waals surface area contributed by atoms with Crippen LogP contribution in [0.15, 0.2) is 29.6 Å². The molecule has 0 radical (unpaired) electrons. The molecule has 22 heavy (non-hydrogen) atoms. The largest absolute Gasteiger partial charge is 0.391 e. The van der Waals surface area contributed by atoms with Crippen molar-refractivity contribution in [3.05, 3.63) is 35.2 Å². The number of aliphatic hydroxyl groups excluding tert-OH is 1. The van der Waals surface area contributed by atoms with Gasteiger partial charge in [-0.3, -0.25) is 14.8 Å². The van der Waals surface area contributed by atoms with Crippen molar-refractivity contribution in [3.8, 4) is 11.3 Å². The number of aliphatic hydroxyl groups is 1. The van der Waals surface area contributed by atoms with E-state index in [4.69, 9.17) is 5.21 Å². The average molecular weight is 322 g/mol. The summed E-state index contributed by atoms with van der Waals surface area (Å²) in [5.74, 6) is -1.44. The van der Waals surface area contributed by atoms with Crippen LogP contribution in [0.3, 0.4) is 0 Å². The SMILES string of the molecule is CC(O)C(NC(=O)c1ccc(-c2csnn2)cc1)C(=O)NO. The van der Waals surface area contributed by atoms with Crippen LogP contribution in [0.1, 0.15) is 17.3 Å². The molecule has 1 aromatic carbocycles. The monoisotopic (exact) mass is 322 g/mol. The highest BCUT2D eigenvalue weighted by molar-refractivity contribution is 7.03. The lowest BCUT2D eigenvalue weighted by Crippen LogP contribution is -2.51. The fraction of sp³-hybridized carbons (Fsp3) is 0.231. The maximum absolute atomic E-state index is 12.1. The van der Waals surface area contributed by atoms with Crippen LogP contribution in [0.25, 0.3) is 11.3 Å². The minimum Gasteiger partial charge on any atom is -0.391 e. The van der Waals surface area contributed by atoms with Crippen molar-refractivity contribution in [1.29, 1.82) is 0 Å². The standard InChI is InChI=1S/C13H14N4O4S/c1-7(18)11(13(20)16-21)14-12(19)9-4-2-8(3-5-9)10-6-22-17-15-10/h2-7,11,18,21H,1H3,(H,14,19)(H,16,20). The van der Waals surface area contributed by atoms with Gasteiger partial charge in [0.2, 0.25) is 0 Å². The molecule has 2 rings (SSSR count). The highest BCUT2D eigenvalue weighted by Gasteiger charge is 2.25. The van der Waals surface area contributed by atoms with Gasteiger partial charge in [-0.05, 0) is 30.6 Å². The van der Waals surface area contributed by atoms with Gasteiger partial charge in [-0.15, -0.1) is 5.10 Å². The fourth-order valence-electron chi connectivity index (χ4n) is 1.78. The molecule has 0 aliphatic carbocycles. The minimum absolute atomic E-state index is 0.309. The van der Waals surface area contributed by atoms with Crippen molar-refractivity contribution in [1.82, 2.24) is 20.4 Å². The first-order chi connectivity index (χ1) is 10.5. The number of hydrogen-bond acceptors (Lipinski definition) is 7. The van der Waals surface area contributed by atoms with E-state index in [0.717, 1.165) is 5.56 Å². The van der Waals surface area contributed by atoms with Gasteiger partial charge < -0.3 is 10.4 Å². The lowest BCUT2D eigenvalue weighted by molar-refractivity contribution is -0.133. The molecular weight excluding hydrogens is 308 g/mol. The third kappa shape index (κ3) is 3.64. The van der Waals surface area contributed by atoms with E-state index in [-0.39, 0.29) is 0 Å². The number of benzene rings is 1. The zero-order chi connectivity index (χ0) is 16.1. The number of aromatic nitrogens is 2.